The molecule has 0 bridgehead atoms. The van der Waals surface area contributed by atoms with Gasteiger partial charge < -0.3 is 19.2 Å². The molecule has 152 valence electrons. The van der Waals surface area contributed by atoms with Crippen molar-refractivity contribution in [2.24, 2.45) is 0 Å². The summed E-state index contributed by atoms with van der Waals surface area (Å²) in [5.74, 6) is -0.520. The van der Waals surface area contributed by atoms with Gasteiger partial charge in [0.25, 0.3) is 5.91 Å². The van der Waals surface area contributed by atoms with E-state index in [2.05, 4.69) is 5.32 Å². The van der Waals surface area contributed by atoms with E-state index in [1.807, 2.05) is 49.4 Å². The SMILES string of the molecule is COc1ccc(C)cc1NC(=O)COC(=O)c1oc2c(ccc3ccccc32)c1C. The average Bonchev–Trinajstić information content (AvgIpc) is 3.09. The van der Waals surface area contributed by atoms with Gasteiger partial charge in [-0.15, -0.1) is 0 Å². The van der Waals surface area contributed by atoms with Gasteiger partial charge in [0.15, 0.2) is 6.61 Å². The first-order chi connectivity index (χ1) is 14.5. The maximum absolute atomic E-state index is 12.6. The Labute approximate surface area is 173 Å². The molecule has 0 aliphatic carbocycles. The Morgan fingerprint density at radius 2 is 1.80 bits per heavy atom. The molecule has 30 heavy (non-hydrogen) atoms. The van der Waals surface area contributed by atoms with Crippen LogP contribution >= 0.6 is 0 Å². The van der Waals surface area contributed by atoms with Crippen molar-refractivity contribution in [2.75, 3.05) is 19.0 Å². The van der Waals surface area contributed by atoms with Crippen LogP contribution in [-0.2, 0) is 9.53 Å². The van der Waals surface area contributed by atoms with Gasteiger partial charge in [0, 0.05) is 16.3 Å². The molecular formula is C24H21NO5. The van der Waals surface area contributed by atoms with Crippen molar-refractivity contribution in [3.63, 3.8) is 0 Å². The van der Waals surface area contributed by atoms with Crippen LogP contribution in [0.5, 0.6) is 5.75 Å². The zero-order valence-corrected chi connectivity index (χ0v) is 16.9. The number of hydrogen-bond donors (Lipinski definition) is 1. The summed E-state index contributed by atoms with van der Waals surface area (Å²) in [4.78, 5) is 24.9. The molecule has 1 amide bonds. The minimum absolute atomic E-state index is 0.0993. The Balaban J connectivity index is 1.51. The van der Waals surface area contributed by atoms with Gasteiger partial charge in [-0.2, -0.15) is 0 Å². The number of carbonyl (C=O) groups is 2. The summed E-state index contributed by atoms with van der Waals surface area (Å²) >= 11 is 0. The molecule has 0 spiro atoms. The predicted molar refractivity (Wildman–Crippen MR) is 115 cm³/mol. The van der Waals surface area contributed by atoms with E-state index >= 15 is 0 Å². The molecule has 0 saturated carbocycles. The van der Waals surface area contributed by atoms with Crippen LogP contribution in [0.25, 0.3) is 21.7 Å². The number of carbonyl (C=O) groups excluding carboxylic acids is 2. The summed E-state index contributed by atoms with van der Waals surface area (Å²) in [6.07, 6.45) is 0. The summed E-state index contributed by atoms with van der Waals surface area (Å²) in [5.41, 5.74) is 2.80. The van der Waals surface area contributed by atoms with Crippen molar-refractivity contribution < 1.29 is 23.5 Å². The second-order valence-corrected chi connectivity index (χ2v) is 7.05. The quantitative estimate of drug-likeness (QED) is 0.474. The first-order valence-corrected chi connectivity index (χ1v) is 9.50. The molecule has 4 aromatic rings. The monoisotopic (exact) mass is 403 g/mol. The van der Waals surface area contributed by atoms with Crippen LogP contribution in [0.15, 0.2) is 59.0 Å². The number of aryl methyl sites for hydroxylation is 2. The molecule has 1 N–H and O–H groups in total. The standard InChI is InChI=1S/C24H21NO5/c1-14-8-11-20(28-3)19(12-14)25-21(26)13-29-24(27)22-15(2)17-10-9-16-6-4-5-7-18(16)23(17)30-22/h4-12H,13H2,1-3H3,(H,25,26). The molecule has 0 unspecified atom stereocenters. The Morgan fingerprint density at radius 1 is 1.00 bits per heavy atom. The van der Waals surface area contributed by atoms with E-state index in [-0.39, 0.29) is 5.76 Å². The third kappa shape index (κ3) is 3.59. The van der Waals surface area contributed by atoms with Crippen LogP contribution in [0.2, 0.25) is 0 Å². The molecule has 0 fully saturated rings. The molecule has 3 aromatic carbocycles. The van der Waals surface area contributed by atoms with E-state index in [1.54, 1.807) is 19.1 Å². The number of rotatable bonds is 5. The van der Waals surface area contributed by atoms with E-state index in [9.17, 15) is 9.59 Å². The number of methoxy groups -OCH3 is 1. The number of hydrogen-bond acceptors (Lipinski definition) is 5. The smallest absolute Gasteiger partial charge is 0.375 e. The van der Waals surface area contributed by atoms with Crippen molar-refractivity contribution >= 4 is 39.3 Å². The lowest BCUT2D eigenvalue weighted by Crippen LogP contribution is -2.21. The number of benzene rings is 3. The van der Waals surface area contributed by atoms with Crippen molar-refractivity contribution in [2.45, 2.75) is 13.8 Å². The van der Waals surface area contributed by atoms with Gasteiger partial charge in [-0.3, -0.25) is 4.79 Å². The van der Waals surface area contributed by atoms with Crippen molar-refractivity contribution in [1.82, 2.24) is 0 Å². The highest BCUT2D eigenvalue weighted by molar-refractivity contribution is 6.08. The number of ether oxygens (including phenoxy) is 2. The summed E-state index contributed by atoms with van der Waals surface area (Å²) in [7, 11) is 1.52. The fourth-order valence-corrected chi connectivity index (χ4v) is 3.45. The maximum Gasteiger partial charge on any atom is 0.375 e. The van der Waals surface area contributed by atoms with Crippen LogP contribution in [0.4, 0.5) is 5.69 Å². The van der Waals surface area contributed by atoms with Gasteiger partial charge in [-0.25, -0.2) is 4.79 Å². The first-order valence-electron chi connectivity index (χ1n) is 9.50. The lowest BCUT2D eigenvalue weighted by Gasteiger charge is -2.11. The molecule has 1 aromatic heterocycles. The predicted octanol–water partition coefficient (Wildman–Crippen LogP) is 5.01. The second kappa shape index (κ2) is 7.91. The minimum atomic E-state index is -0.681. The molecule has 0 saturated heterocycles. The van der Waals surface area contributed by atoms with Gasteiger partial charge in [0.2, 0.25) is 5.76 Å². The third-order valence-electron chi connectivity index (χ3n) is 4.98. The Bertz CT molecular complexity index is 1270. The first kappa shape index (κ1) is 19.5. The lowest BCUT2D eigenvalue weighted by atomic mass is 10.1. The van der Waals surface area contributed by atoms with E-state index in [1.165, 1.54) is 7.11 Å². The molecule has 0 aliphatic rings. The molecule has 0 aliphatic heterocycles. The highest BCUT2D eigenvalue weighted by Crippen LogP contribution is 2.32. The zero-order valence-electron chi connectivity index (χ0n) is 16.9. The Hall–Kier alpha value is -3.80. The highest BCUT2D eigenvalue weighted by Gasteiger charge is 2.21. The van der Waals surface area contributed by atoms with Crippen LogP contribution in [0, 0.1) is 13.8 Å². The number of fused-ring (bicyclic) bond motifs is 3. The van der Waals surface area contributed by atoms with Gasteiger partial charge in [0.05, 0.1) is 12.8 Å². The molecule has 0 atom stereocenters. The molecule has 1 heterocycles. The summed E-state index contributed by atoms with van der Waals surface area (Å²) in [5, 5.41) is 5.48. The van der Waals surface area contributed by atoms with Crippen LogP contribution in [0.1, 0.15) is 21.7 Å². The lowest BCUT2D eigenvalue weighted by molar-refractivity contribution is -0.119. The van der Waals surface area contributed by atoms with E-state index < -0.39 is 18.5 Å². The number of nitrogens with one attached hydrogen (secondary N) is 1. The molecule has 6 heteroatoms. The number of furan rings is 1. The summed E-state index contributed by atoms with van der Waals surface area (Å²) < 4.78 is 16.3. The van der Waals surface area contributed by atoms with Crippen LogP contribution < -0.4 is 10.1 Å². The van der Waals surface area contributed by atoms with Gasteiger partial charge >= 0.3 is 5.97 Å². The van der Waals surface area contributed by atoms with Crippen LogP contribution in [0.3, 0.4) is 0 Å². The zero-order chi connectivity index (χ0) is 21.3. The van der Waals surface area contributed by atoms with Gasteiger partial charge in [-0.05, 0) is 36.9 Å². The third-order valence-corrected chi connectivity index (χ3v) is 4.98. The minimum Gasteiger partial charge on any atom is -0.495 e. The molecule has 6 nitrogen and oxygen atoms in total. The average molecular weight is 403 g/mol. The van der Waals surface area contributed by atoms with E-state index in [0.717, 1.165) is 21.7 Å². The number of amides is 1. The topological polar surface area (TPSA) is 77.8 Å². The second-order valence-electron chi connectivity index (χ2n) is 7.05. The van der Waals surface area contributed by atoms with Crippen molar-refractivity contribution in [3.8, 4) is 5.75 Å². The summed E-state index contributed by atoms with van der Waals surface area (Å²) in [6, 6.07) is 17.1. The molecular weight excluding hydrogens is 382 g/mol. The summed E-state index contributed by atoms with van der Waals surface area (Å²) in [6.45, 7) is 3.27. The molecule has 4 rings (SSSR count). The van der Waals surface area contributed by atoms with Crippen molar-refractivity contribution in [3.05, 3.63) is 71.5 Å². The number of esters is 1. The van der Waals surface area contributed by atoms with Gasteiger partial charge in [-0.1, -0.05) is 42.5 Å². The largest absolute Gasteiger partial charge is 0.495 e. The normalized spacial score (nSPS) is 10.9. The Morgan fingerprint density at radius 3 is 2.60 bits per heavy atom. The van der Waals surface area contributed by atoms with Crippen LogP contribution in [-0.4, -0.2) is 25.6 Å². The number of anilines is 1. The van der Waals surface area contributed by atoms with E-state index in [0.29, 0.717) is 22.6 Å². The van der Waals surface area contributed by atoms with Crippen molar-refractivity contribution in [1.29, 1.82) is 0 Å². The van der Waals surface area contributed by atoms with E-state index in [4.69, 9.17) is 13.9 Å². The maximum atomic E-state index is 12.6. The highest BCUT2D eigenvalue weighted by atomic mass is 16.5. The fourth-order valence-electron chi connectivity index (χ4n) is 3.45. The van der Waals surface area contributed by atoms with Gasteiger partial charge in [0.1, 0.15) is 11.3 Å². The fraction of sp³-hybridized carbons (Fsp3) is 0.167. The Kier molecular flexibility index (Phi) is 5.14. The molecule has 0 radical (unpaired) electrons.